The molecule has 5 rings (SSSR count). The molecule has 0 unspecified atom stereocenters. The monoisotopic (exact) mass is 487 g/mol. The zero-order chi connectivity index (χ0) is 23.5. The number of hydrogen-bond donors (Lipinski definition) is 1. The van der Waals surface area contributed by atoms with E-state index in [1.54, 1.807) is 6.08 Å². The molecule has 0 aliphatic rings. The Morgan fingerprint density at radius 3 is 2.76 bits per heavy atom. The van der Waals surface area contributed by atoms with Gasteiger partial charge in [0.05, 0.1) is 11.4 Å². The number of thioether (sulfide) groups is 1. The number of nitrogens with one attached hydrogen (secondary N) is 1. The van der Waals surface area contributed by atoms with Gasteiger partial charge in [0.1, 0.15) is 5.58 Å². The van der Waals surface area contributed by atoms with Crippen LogP contribution in [-0.2, 0) is 11.3 Å². The van der Waals surface area contributed by atoms with Crippen LogP contribution in [0.4, 0.5) is 5.13 Å². The third-order valence-electron chi connectivity index (χ3n) is 5.10. The van der Waals surface area contributed by atoms with Crippen molar-refractivity contribution in [2.24, 2.45) is 0 Å². The van der Waals surface area contributed by atoms with E-state index in [9.17, 15) is 4.79 Å². The van der Waals surface area contributed by atoms with Crippen molar-refractivity contribution in [2.45, 2.75) is 18.6 Å². The van der Waals surface area contributed by atoms with Crippen LogP contribution in [0.15, 0.2) is 82.9 Å². The number of allylic oxidation sites excluding steroid dienone is 1. The molecule has 9 heteroatoms. The first kappa shape index (κ1) is 22.1. The zero-order valence-electron chi connectivity index (χ0n) is 18.4. The Labute approximate surface area is 204 Å². The predicted octanol–water partition coefficient (Wildman–Crippen LogP) is 6.04. The lowest BCUT2D eigenvalue weighted by atomic mass is 10.1. The van der Waals surface area contributed by atoms with E-state index in [1.165, 1.54) is 23.1 Å². The minimum absolute atomic E-state index is 0.156. The molecule has 34 heavy (non-hydrogen) atoms. The highest BCUT2D eigenvalue weighted by molar-refractivity contribution is 7.99. The number of aryl methyl sites for hydroxylation is 1. The van der Waals surface area contributed by atoms with Crippen LogP contribution in [0.5, 0.6) is 0 Å². The van der Waals surface area contributed by atoms with E-state index in [0.717, 1.165) is 27.1 Å². The van der Waals surface area contributed by atoms with E-state index in [2.05, 4.69) is 27.1 Å². The third-order valence-corrected chi connectivity index (χ3v) is 6.95. The second-order valence-corrected chi connectivity index (χ2v) is 9.63. The Balaban J connectivity index is 1.30. The normalized spacial score (nSPS) is 11.1. The highest BCUT2D eigenvalue weighted by Gasteiger charge is 2.19. The van der Waals surface area contributed by atoms with Crippen molar-refractivity contribution >= 4 is 45.1 Å². The van der Waals surface area contributed by atoms with E-state index in [-0.39, 0.29) is 11.7 Å². The molecule has 0 saturated heterocycles. The van der Waals surface area contributed by atoms with Crippen molar-refractivity contribution in [2.75, 3.05) is 11.1 Å². The van der Waals surface area contributed by atoms with Gasteiger partial charge in [-0.2, -0.15) is 0 Å². The summed E-state index contributed by atoms with van der Waals surface area (Å²) in [5.41, 5.74) is 2.70. The van der Waals surface area contributed by atoms with Gasteiger partial charge < -0.3 is 9.73 Å². The van der Waals surface area contributed by atoms with E-state index in [1.807, 2.05) is 72.2 Å². The van der Waals surface area contributed by atoms with E-state index < -0.39 is 0 Å². The van der Waals surface area contributed by atoms with Crippen LogP contribution >= 0.6 is 23.1 Å². The maximum atomic E-state index is 12.6. The summed E-state index contributed by atoms with van der Waals surface area (Å²) in [6.45, 7) is 6.34. The van der Waals surface area contributed by atoms with Gasteiger partial charge in [-0.3, -0.25) is 9.36 Å². The Morgan fingerprint density at radius 1 is 1.18 bits per heavy atom. The first-order valence-electron chi connectivity index (χ1n) is 10.6. The Kier molecular flexibility index (Phi) is 6.29. The minimum Gasteiger partial charge on any atom is -0.453 e. The first-order chi connectivity index (χ1) is 16.6. The van der Waals surface area contributed by atoms with E-state index in [4.69, 9.17) is 4.42 Å². The summed E-state index contributed by atoms with van der Waals surface area (Å²) in [5.74, 6) is 1.24. The Morgan fingerprint density at radius 2 is 1.97 bits per heavy atom. The van der Waals surface area contributed by atoms with Crippen molar-refractivity contribution in [3.63, 3.8) is 0 Å². The average Bonchev–Trinajstić information content (AvgIpc) is 3.55. The highest BCUT2D eigenvalue weighted by atomic mass is 32.2. The number of rotatable bonds is 8. The molecule has 0 bridgehead atoms. The predicted molar refractivity (Wildman–Crippen MR) is 137 cm³/mol. The molecule has 1 amide bonds. The summed E-state index contributed by atoms with van der Waals surface area (Å²) in [6.07, 6.45) is 1.77. The molecule has 2 aromatic carbocycles. The smallest absolute Gasteiger partial charge is 0.236 e. The molecule has 0 saturated carbocycles. The first-order valence-corrected chi connectivity index (χ1v) is 12.4. The number of hydrogen-bond acceptors (Lipinski definition) is 7. The SMILES string of the molecule is C=CCn1c(SCC(=O)Nc2nc(-c3ccccc3)c(C)s2)nnc1-c1cc2ccccc2o1. The Hall–Kier alpha value is -3.69. The fourth-order valence-electron chi connectivity index (χ4n) is 3.56. The second-order valence-electron chi connectivity index (χ2n) is 7.48. The molecule has 3 aromatic heterocycles. The standard InChI is InChI=1S/C25H21N5O2S2/c1-3-13-30-23(20-14-18-11-7-8-12-19(18)32-20)28-29-25(30)33-15-21(31)26-24-27-22(16(2)34-24)17-9-5-4-6-10-17/h3-12,14H,1,13,15H2,2H3,(H,26,27,31). The third kappa shape index (κ3) is 4.52. The number of anilines is 1. The van der Waals surface area contributed by atoms with Gasteiger partial charge >= 0.3 is 0 Å². The second kappa shape index (κ2) is 9.66. The van der Waals surface area contributed by atoms with Crippen molar-refractivity contribution in [1.82, 2.24) is 19.7 Å². The summed E-state index contributed by atoms with van der Waals surface area (Å²) < 4.78 is 7.85. The van der Waals surface area contributed by atoms with E-state index >= 15 is 0 Å². The van der Waals surface area contributed by atoms with Crippen LogP contribution in [0.25, 0.3) is 33.8 Å². The van der Waals surface area contributed by atoms with Gasteiger partial charge in [0, 0.05) is 22.4 Å². The Bertz CT molecular complexity index is 1440. The van der Waals surface area contributed by atoms with Crippen LogP contribution in [0.3, 0.4) is 0 Å². The average molecular weight is 488 g/mol. The van der Waals surface area contributed by atoms with Gasteiger partial charge in [0.25, 0.3) is 0 Å². The molecule has 0 aliphatic carbocycles. The number of amides is 1. The van der Waals surface area contributed by atoms with Gasteiger partial charge in [-0.1, -0.05) is 66.4 Å². The molecule has 0 fully saturated rings. The molecule has 0 aliphatic heterocycles. The van der Waals surface area contributed by atoms with Crippen molar-refractivity contribution < 1.29 is 9.21 Å². The number of fused-ring (bicyclic) bond motifs is 1. The zero-order valence-corrected chi connectivity index (χ0v) is 20.0. The number of para-hydroxylation sites is 1. The number of thiazole rings is 1. The highest BCUT2D eigenvalue weighted by Crippen LogP contribution is 2.31. The van der Waals surface area contributed by atoms with Crippen molar-refractivity contribution in [3.05, 3.63) is 78.2 Å². The van der Waals surface area contributed by atoms with Crippen LogP contribution in [0.2, 0.25) is 0 Å². The summed E-state index contributed by atoms with van der Waals surface area (Å²) in [6, 6.07) is 19.7. The summed E-state index contributed by atoms with van der Waals surface area (Å²) >= 11 is 2.77. The topological polar surface area (TPSA) is 85.8 Å². The molecule has 7 nitrogen and oxygen atoms in total. The molecule has 0 radical (unpaired) electrons. The summed E-state index contributed by atoms with van der Waals surface area (Å²) in [4.78, 5) is 18.3. The molecule has 3 heterocycles. The molecule has 0 spiro atoms. The number of carbonyl (C=O) groups is 1. The minimum atomic E-state index is -0.156. The fraction of sp³-hybridized carbons (Fsp3) is 0.120. The molecular formula is C25H21N5O2S2. The number of benzene rings is 2. The van der Waals surface area contributed by atoms with Crippen molar-refractivity contribution in [3.8, 4) is 22.8 Å². The van der Waals surface area contributed by atoms with Gasteiger partial charge in [-0.15, -0.1) is 28.1 Å². The molecule has 170 valence electrons. The van der Waals surface area contributed by atoms with Crippen LogP contribution < -0.4 is 5.32 Å². The van der Waals surface area contributed by atoms with Crippen LogP contribution in [0, 0.1) is 6.92 Å². The number of nitrogens with zero attached hydrogens (tertiary/aromatic N) is 4. The lowest BCUT2D eigenvalue weighted by Gasteiger charge is -2.06. The molecular weight excluding hydrogens is 466 g/mol. The van der Waals surface area contributed by atoms with Gasteiger partial charge in [-0.05, 0) is 19.1 Å². The number of aromatic nitrogens is 4. The van der Waals surface area contributed by atoms with Crippen LogP contribution in [-0.4, -0.2) is 31.4 Å². The summed E-state index contributed by atoms with van der Waals surface area (Å²) in [7, 11) is 0. The summed E-state index contributed by atoms with van der Waals surface area (Å²) in [5, 5.41) is 13.7. The molecule has 0 atom stereocenters. The number of furan rings is 1. The quantitative estimate of drug-likeness (QED) is 0.212. The maximum absolute atomic E-state index is 12.6. The molecule has 5 aromatic rings. The van der Waals surface area contributed by atoms with Gasteiger partial charge in [0.2, 0.25) is 11.7 Å². The lowest BCUT2D eigenvalue weighted by Crippen LogP contribution is -2.14. The van der Waals surface area contributed by atoms with E-state index in [0.29, 0.717) is 28.4 Å². The largest absolute Gasteiger partial charge is 0.453 e. The number of carbonyl (C=O) groups excluding carboxylic acids is 1. The molecule has 1 N–H and O–H groups in total. The fourth-order valence-corrected chi connectivity index (χ4v) is 5.16. The van der Waals surface area contributed by atoms with Gasteiger partial charge in [-0.25, -0.2) is 4.98 Å². The maximum Gasteiger partial charge on any atom is 0.236 e. The lowest BCUT2D eigenvalue weighted by molar-refractivity contribution is -0.113. The van der Waals surface area contributed by atoms with Crippen molar-refractivity contribution in [1.29, 1.82) is 0 Å². The van der Waals surface area contributed by atoms with Crippen LogP contribution in [0.1, 0.15) is 4.88 Å². The van der Waals surface area contributed by atoms with Gasteiger partial charge in [0.15, 0.2) is 16.0 Å².